The predicted octanol–water partition coefficient (Wildman–Crippen LogP) is 3.65. The average molecular weight is 274 g/mol. The molecule has 0 spiro atoms. The number of thioether (sulfide) groups is 1. The predicted molar refractivity (Wildman–Crippen MR) is 82.0 cm³/mol. The van der Waals surface area contributed by atoms with Crippen LogP contribution in [0.5, 0.6) is 0 Å². The van der Waals surface area contributed by atoms with Crippen LogP contribution in [0.3, 0.4) is 0 Å². The van der Waals surface area contributed by atoms with Crippen molar-refractivity contribution in [2.45, 2.75) is 24.7 Å². The van der Waals surface area contributed by atoms with Crippen LogP contribution < -0.4 is 11.1 Å². The Hall–Kier alpha value is -1.75. The van der Waals surface area contributed by atoms with E-state index in [2.05, 4.69) is 21.4 Å². The van der Waals surface area contributed by atoms with Crippen molar-refractivity contribution >= 4 is 29.1 Å². The number of nitrogens with two attached hydrogens (primary N) is 1. The third-order valence-corrected chi connectivity index (χ3v) is 3.45. The first-order valence-corrected chi connectivity index (χ1v) is 7.37. The molecule has 0 unspecified atom stereocenters. The number of rotatable bonds is 4. The Balaban J connectivity index is 2.32. The summed E-state index contributed by atoms with van der Waals surface area (Å²) in [4.78, 5) is 9.90. The maximum atomic E-state index is 5.83. The largest absolute Gasteiger partial charge is 0.384 e. The van der Waals surface area contributed by atoms with E-state index in [1.807, 2.05) is 38.3 Å². The normalized spacial score (nSPS) is 10.7. The van der Waals surface area contributed by atoms with Gasteiger partial charge in [-0.2, -0.15) is 0 Å². The number of aromatic nitrogens is 2. The monoisotopic (exact) mass is 274 g/mol. The van der Waals surface area contributed by atoms with Crippen molar-refractivity contribution in [2.75, 3.05) is 17.3 Å². The van der Waals surface area contributed by atoms with Crippen molar-refractivity contribution in [3.8, 4) is 0 Å². The molecule has 0 bridgehead atoms. The van der Waals surface area contributed by atoms with Gasteiger partial charge in [-0.1, -0.05) is 26.0 Å². The van der Waals surface area contributed by atoms with Crippen molar-refractivity contribution in [3.05, 3.63) is 36.2 Å². The molecule has 0 atom stereocenters. The lowest BCUT2D eigenvalue weighted by Crippen LogP contribution is -2.05. The molecule has 0 aliphatic rings. The second kappa shape index (κ2) is 5.93. The number of nitrogens with zero attached hydrogens (tertiary/aromatic N) is 2. The zero-order valence-corrected chi connectivity index (χ0v) is 12.2. The average Bonchev–Trinajstić information content (AvgIpc) is 2.38. The summed E-state index contributed by atoms with van der Waals surface area (Å²) in [6.45, 7) is 4.10. The lowest BCUT2D eigenvalue weighted by molar-refractivity contribution is 0.779. The summed E-state index contributed by atoms with van der Waals surface area (Å²) >= 11 is 1.69. The minimum absolute atomic E-state index is 0.250. The van der Waals surface area contributed by atoms with Crippen molar-refractivity contribution in [1.29, 1.82) is 0 Å². The van der Waals surface area contributed by atoms with Gasteiger partial charge in [0.2, 0.25) is 0 Å². The van der Waals surface area contributed by atoms with Crippen LogP contribution in [0, 0.1) is 0 Å². The van der Waals surface area contributed by atoms with Crippen LogP contribution in [0.25, 0.3) is 0 Å². The fourth-order valence-corrected chi connectivity index (χ4v) is 2.25. The number of benzene rings is 1. The third-order valence-electron chi connectivity index (χ3n) is 2.65. The number of hydrogen-bond donors (Lipinski definition) is 2. The molecule has 5 heteroatoms. The highest BCUT2D eigenvalue weighted by molar-refractivity contribution is 7.98. The van der Waals surface area contributed by atoms with Gasteiger partial charge in [-0.25, -0.2) is 9.97 Å². The molecule has 1 aromatic carbocycles. The van der Waals surface area contributed by atoms with Crippen LogP contribution in [-0.4, -0.2) is 16.2 Å². The summed E-state index contributed by atoms with van der Waals surface area (Å²) in [6, 6.07) is 9.87. The van der Waals surface area contributed by atoms with E-state index in [0.29, 0.717) is 5.82 Å². The van der Waals surface area contributed by atoms with Gasteiger partial charge in [-0.3, -0.25) is 0 Å². The highest BCUT2D eigenvalue weighted by Crippen LogP contribution is 2.27. The van der Waals surface area contributed by atoms with E-state index in [9.17, 15) is 0 Å². The molecular weight excluding hydrogens is 256 g/mol. The van der Waals surface area contributed by atoms with E-state index >= 15 is 0 Å². The summed E-state index contributed by atoms with van der Waals surface area (Å²) in [5.41, 5.74) is 6.86. The van der Waals surface area contributed by atoms with Crippen LogP contribution in [0.15, 0.2) is 35.2 Å². The molecule has 19 heavy (non-hydrogen) atoms. The molecule has 0 aliphatic heterocycles. The zero-order valence-electron chi connectivity index (χ0n) is 11.3. The topological polar surface area (TPSA) is 63.8 Å². The quantitative estimate of drug-likeness (QED) is 0.833. The lowest BCUT2D eigenvalue weighted by Gasteiger charge is -2.12. The molecule has 3 N–H and O–H groups in total. The van der Waals surface area contributed by atoms with Gasteiger partial charge in [0.15, 0.2) is 0 Å². The summed E-state index contributed by atoms with van der Waals surface area (Å²) in [6.07, 6.45) is 2.05. The van der Waals surface area contributed by atoms with Crippen LogP contribution >= 0.6 is 11.8 Å². The van der Waals surface area contributed by atoms with E-state index in [1.165, 1.54) is 4.90 Å². The highest BCUT2D eigenvalue weighted by Gasteiger charge is 2.08. The summed E-state index contributed by atoms with van der Waals surface area (Å²) in [5, 5.41) is 3.31. The standard InChI is InChI=1S/C14H18N4S/c1-9(2)14-17-12(15)8-13(18-14)16-10-6-4-5-7-11(10)19-3/h4-9H,1-3H3,(H3,15,16,17,18). The van der Waals surface area contributed by atoms with Crippen LogP contribution in [-0.2, 0) is 0 Å². The molecule has 0 saturated heterocycles. The Labute approximate surface area is 117 Å². The first-order chi connectivity index (χ1) is 9.10. The third kappa shape index (κ3) is 3.38. The van der Waals surface area contributed by atoms with Crippen molar-refractivity contribution in [1.82, 2.24) is 9.97 Å². The molecular formula is C14H18N4S. The van der Waals surface area contributed by atoms with E-state index in [4.69, 9.17) is 5.73 Å². The molecule has 0 fully saturated rings. The molecule has 0 aliphatic carbocycles. The SMILES string of the molecule is CSc1ccccc1Nc1cc(N)nc(C(C)C)n1. The Kier molecular flexibility index (Phi) is 4.27. The van der Waals surface area contributed by atoms with Crippen LogP contribution in [0.2, 0.25) is 0 Å². The van der Waals surface area contributed by atoms with Crippen LogP contribution in [0.1, 0.15) is 25.6 Å². The molecule has 4 nitrogen and oxygen atoms in total. The number of nitrogen functional groups attached to an aromatic ring is 1. The Morgan fingerprint density at radius 3 is 2.63 bits per heavy atom. The molecule has 2 aromatic rings. The van der Waals surface area contributed by atoms with Crippen molar-refractivity contribution in [2.24, 2.45) is 0 Å². The number of para-hydroxylation sites is 1. The maximum absolute atomic E-state index is 5.83. The first-order valence-electron chi connectivity index (χ1n) is 6.14. The van der Waals surface area contributed by atoms with Crippen molar-refractivity contribution < 1.29 is 0 Å². The lowest BCUT2D eigenvalue weighted by atomic mass is 10.2. The van der Waals surface area contributed by atoms with E-state index in [1.54, 1.807) is 17.8 Å². The van der Waals surface area contributed by atoms with Gasteiger partial charge < -0.3 is 11.1 Å². The Morgan fingerprint density at radius 2 is 1.95 bits per heavy atom. The van der Waals surface area contributed by atoms with E-state index < -0.39 is 0 Å². The molecule has 0 saturated carbocycles. The second-order valence-corrected chi connectivity index (χ2v) is 5.36. The summed E-state index contributed by atoms with van der Waals surface area (Å²) < 4.78 is 0. The minimum atomic E-state index is 0.250. The smallest absolute Gasteiger partial charge is 0.136 e. The number of nitrogens with one attached hydrogen (secondary N) is 1. The van der Waals surface area contributed by atoms with Gasteiger partial charge in [0, 0.05) is 16.9 Å². The molecule has 2 rings (SSSR count). The first kappa shape index (κ1) is 13.7. The fourth-order valence-electron chi connectivity index (χ4n) is 1.69. The van der Waals surface area contributed by atoms with Gasteiger partial charge >= 0.3 is 0 Å². The summed E-state index contributed by atoms with van der Waals surface area (Å²) in [5.74, 6) is 2.23. The number of hydrogen-bond acceptors (Lipinski definition) is 5. The minimum Gasteiger partial charge on any atom is -0.384 e. The Morgan fingerprint density at radius 1 is 1.21 bits per heavy atom. The van der Waals surface area contributed by atoms with Crippen molar-refractivity contribution in [3.63, 3.8) is 0 Å². The molecule has 1 heterocycles. The molecule has 0 amide bonds. The second-order valence-electron chi connectivity index (χ2n) is 4.52. The molecule has 1 aromatic heterocycles. The van der Waals surface area contributed by atoms with Crippen LogP contribution in [0.4, 0.5) is 17.3 Å². The highest BCUT2D eigenvalue weighted by atomic mass is 32.2. The van der Waals surface area contributed by atoms with Gasteiger partial charge in [0.25, 0.3) is 0 Å². The van der Waals surface area contributed by atoms with E-state index in [-0.39, 0.29) is 5.92 Å². The van der Waals surface area contributed by atoms with Gasteiger partial charge in [0.1, 0.15) is 17.5 Å². The molecule has 100 valence electrons. The maximum Gasteiger partial charge on any atom is 0.136 e. The van der Waals surface area contributed by atoms with Gasteiger partial charge in [-0.05, 0) is 18.4 Å². The van der Waals surface area contributed by atoms with E-state index in [0.717, 1.165) is 17.3 Å². The number of anilines is 3. The van der Waals surface area contributed by atoms with Gasteiger partial charge in [-0.15, -0.1) is 11.8 Å². The zero-order chi connectivity index (χ0) is 13.8. The Bertz CT molecular complexity index is 569. The molecule has 0 radical (unpaired) electrons. The van der Waals surface area contributed by atoms with Gasteiger partial charge in [0.05, 0.1) is 5.69 Å². The summed E-state index contributed by atoms with van der Waals surface area (Å²) in [7, 11) is 0. The fraction of sp³-hybridized carbons (Fsp3) is 0.286.